The monoisotopic (exact) mass is 478 g/mol. The summed E-state index contributed by atoms with van der Waals surface area (Å²) < 4.78 is 5.28. The first-order chi connectivity index (χ1) is 17.1. The quantitative estimate of drug-likeness (QED) is 0.235. The molecule has 174 valence electrons. The highest BCUT2D eigenvalue weighted by Crippen LogP contribution is 2.42. The molecular formula is C30H26N2O2S. The summed E-state index contributed by atoms with van der Waals surface area (Å²) in [6, 6.07) is 33.2. The molecule has 0 spiro atoms. The molecule has 5 heteroatoms. The van der Waals surface area contributed by atoms with Gasteiger partial charge >= 0.3 is 0 Å². The molecule has 0 saturated heterocycles. The van der Waals surface area contributed by atoms with Crippen LogP contribution in [0.3, 0.4) is 0 Å². The minimum Gasteiger partial charge on any atom is -0.497 e. The Balaban J connectivity index is 1.55. The number of hydrogen-bond acceptors (Lipinski definition) is 4. The first kappa shape index (κ1) is 22.8. The molecule has 0 saturated carbocycles. The van der Waals surface area contributed by atoms with Crippen molar-refractivity contribution in [1.82, 2.24) is 0 Å². The van der Waals surface area contributed by atoms with Gasteiger partial charge in [0.05, 0.1) is 7.11 Å². The predicted molar refractivity (Wildman–Crippen MR) is 147 cm³/mol. The number of amides is 1. The first-order valence-electron chi connectivity index (χ1n) is 11.5. The van der Waals surface area contributed by atoms with Crippen LogP contribution < -0.4 is 15.4 Å². The van der Waals surface area contributed by atoms with Crippen molar-refractivity contribution in [2.75, 3.05) is 17.7 Å². The molecule has 5 aromatic carbocycles. The van der Waals surface area contributed by atoms with Crippen LogP contribution in [0.25, 0.3) is 21.5 Å². The molecule has 0 radical (unpaired) electrons. The van der Waals surface area contributed by atoms with Gasteiger partial charge in [-0.25, -0.2) is 0 Å². The van der Waals surface area contributed by atoms with Gasteiger partial charge < -0.3 is 15.4 Å². The van der Waals surface area contributed by atoms with Crippen LogP contribution in [0.15, 0.2) is 107 Å². The molecule has 1 amide bonds. The smallest absolute Gasteiger partial charge is 0.221 e. The number of hydrogen-bond donors (Lipinski definition) is 2. The van der Waals surface area contributed by atoms with Gasteiger partial charge in [-0.2, -0.15) is 0 Å². The molecule has 0 atom stereocenters. The molecule has 0 unspecified atom stereocenters. The summed E-state index contributed by atoms with van der Waals surface area (Å²) in [5, 5.41) is 11.4. The first-order valence-corrected chi connectivity index (χ1v) is 12.3. The van der Waals surface area contributed by atoms with Gasteiger partial charge in [-0.3, -0.25) is 4.79 Å². The van der Waals surface area contributed by atoms with Crippen molar-refractivity contribution in [3.05, 3.63) is 103 Å². The van der Waals surface area contributed by atoms with Crippen molar-refractivity contribution < 1.29 is 9.53 Å². The third-order valence-corrected chi connectivity index (χ3v) is 7.10. The van der Waals surface area contributed by atoms with Crippen molar-refractivity contribution in [3.8, 4) is 5.75 Å². The summed E-state index contributed by atoms with van der Waals surface area (Å²) in [6.07, 6.45) is 0. The van der Waals surface area contributed by atoms with E-state index in [4.69, 9.17) is 4.74 Å². The number of ether oxygens (including phenoxy) is 1. The topological polar surface area (TPSA) is 50.4 Å². The Hall–Kier alpha value is -3.96. The lowest BCUT2D eigenvalue weighted by Gasteiger charge is -2.18. The lowest BCUT2D eigenvalue weighted by Crippen LogP contribution is -2.05. The van der Waals surface area contributed by atoms with E-state index in [1.54, 1.807) is 18.9 Å². The maximum absolute atomic E-state index is 11.4. The van der Waals surface area contributed by atoms with Crippen LogP contribution in [0.4, 0.5) is 11.4 Å². The van der Waals surface area contributed by atoms with E-state index >= 15 is 0 Å². The van der Waals surface area contributed by atoms with Gasteiger partial charge in [0.1, 0.15) is 5.75 Å². The third kappa shape index (κ3) is 4.96. The van der Waals surface area contributed by atoms with Crippen LogP contribution in [0, 0.1) is 0 Å². The zero-order valence-corrected chi connectivity index (χ0v) is 20.5. The van der Waals surface area contributed by atoms with E-state index in [0.29, 0.717) is 6.54 Å². The van der Waals surface area contributed by atoms with Crippen LogP contribution >= 0.6 is 11.8 Å². The molecule has 0 aliphatic heterocycles. The van der Waals surface area contributed by atoms with Crippen molar-refractivity contribution in [3.63, 3.8) is 0 Å². The maximum Gasteiger partial charge on any atom is 0.221 e. The van der Waals surface area contributed by atoms with Crippen LogP contribution in [0.5, 0.6) is 5.75 Å². The van der Waals surface area contributed by atoms with Crippen molar-refractivity contribution in [1.29, 1.82) is 0 Å². The minimum atomic E-state index is -0.0683. The molecule has 0 bridgehead atoms. The second-order valence-electron chi connectivity index (χ2n) is 8.29. The standard InChI is InChI=1S/C30H26N2O2S/c1-20(33)32-22-13-17-24(18-14-22)35-30-27-9-5-3-7-25(27)29(26-8-4-6-10-28(26)30)19-31-21-11-15-23(34-2)16-12-21/h3-18,31H,19H2,1-2H3,(H,32,33). The summed E-state index contributed by atoms with van der Waals surface area (Å²) in [4.78, 5) is 13.7. The Morgan fingerprint density at radius 2 is 1.29 bits per heavy atom. The van der Waals surface area contributed by atoms with Gasteiger partial charge in [-0.05, 0) is 75.6 Å². The molecule has 5 rings (SSSR count). The van der Waals surface area contributed by atoms with Gasteiger partial charge in [0.25, 0.3) is 0 Å². The molecule has 2 N–H and O–H groups in total. The van der Waals surface area contributed by atoms with E-state index in [1.807, 2.05) is 36.4 Å². The molecule has 5 aromatic rings. The number of anilines is 2. The lowest BCUT2D eigenvalue weighted by atomic mass is 9.96. The summed E-state index contributed by atoms with van der Waals surface area (Å²) in [5.41, 5.74) is 3.13. The van der Waals surface area contributed by atoms with Gasteiger partial charge in [-0.1, -0.05) is 60.3 Å². The molecule has 35 heavy (non-hydrogen) atoms. The Morgan fingerprint density at radius 1 is 0.743 bits per heavy atom. The fourth-order valence-electron chi connectivity index (χ4n) is 4.31. The largest absolute Gasteiger partial charge is 0.497 e. The number of rotatable bonds is 7. The third-order valence-electron chi connectivity index (χ3n) is 5.95. The van der Waals surface area contributed by atoms with Gasteiger partial charge in [0.2, 0.25) is 5.91 Å². The molecule has 0 heterocycles. The minimum absolute atomic E-state index is 0.0683. The number of carbonyl (C=O) groups excluding carboxylic acids is 1. The average Bonchev–Trinajstić information content (AvgIpc) is 2.89. The number of nitrogens with one attached hydrogen (secondary N) is 2. The molecule has 0 aliphatic rings. The number of carbonyl (C=O) groups is 1. The van der Waals surface area contributed by atoms with Gasteiger partial charge in [0, 0.05) is 34.6 Å². The summed E-state index contributed by atoms with van der Waals surface area (Å²) in [6.45, 7) is 2.23. The van der Waals surface area contributed by atoms with Crippen LogP contribution in [0.1, 0.15) is 12.5 Å². The number of benzene rings is 5. The van der Waals surface area contributed by atoms with Gasteiger partial charge in [-0.15, -0.1) is 0 Å². The summed E-state index contributed by atoms with van der Waals surface area (Å²) in [7, 11) is 1.68. The lowest BCUT2D eigenvalue weighted by molar-refractivity contribution is -0.114. The number of methoxy groups -OCH3 is 1. The van der Waals surface area contributed by atoms with E-state index in [1.165, 1.54) is 38.9 Å². The van der Waals surface area contributed by atoms with Crippen molar-refractivity contribution in [2.24, 2.45) is 0 Å². The Labute approximate surface area is 209 Å². The second-order valence-corrected chi connectivity index (χ2v) is 9.37. The van der Waals surface area contributed by atoms with E-state index in [9.17, 15) is 4.79 Å². The van der Waals surface area contributed by atoms with E-state index < -0.39 is 0 Å². The van der Waals surface area contributed by atoms with Crippen molar-refractivity contribution >= 4 is 50.6 Å². The normalized spacial score (nSPS) is 10.9. The van der Waals surface area contributed by atoms with E-state index in [-0.39, 0.29) is 5.91 Å². The van der Waals surface area contributed by atoms with Gasteiger partial charge in [0.15, 0.2) is 0 Å². The SMILES string of the molecule is COc1ccc(NCc2c3ccccc3c(Sc3ccc(NC(C)=O)cc3)c3ccccc23)cc1. The van der Waals surface area contributed by atoms with E-state index in [2.05, 4.69) is 71.3 Å². The van der Waals surface area contributed by atoms with Crippen LogP contribution in [-0.2, 0) is 11.3 Å². The van der Waals surface area contributed by atoms with Crippen molar-refractivity contribution in [2.45, 2.75) is 23.3 Å². The van der Waals surface area contributed by atoms with Crippen LogP contribution in [-0.4, -0.2) is 13.0 Å². The molecule has 4 nitrogen and oxygen atoms in total. The summed E-state index contributed by atoms with van der Waals surface area (Å²) in [5.74, 6) is 0.777. The zero-order chi connectivity index (χ0) is 24.2. The zero-order valence-electron chi connectivity index (χ0n) is 19.7. The fourth-order valence-corrected chi connectivity index (χ4v) is 5.39. The highest BCUT2D eigenvalue weighted by Gasteiger charge is 2.15. The van der Waals surface area contributed by atoms with E-state index in [0.717, 1.165) is 22.0 Å². The fraction of sp³-hybridized carbons (Fsp3) is 0.100. The molecular weight excluding hydrogens is 452 g/mol. The Morgan fingerprint density at radius 3 is 1.83 bits per heavy atom. The average molecular weight is 479 g/mol. The highest BCUT2D eigenvalue weighted by molar-refractivity contribution is 7.99. The maximum atomic E-state index is 11.4. The highest BCUT2D eigenvalue weighted by atomic mass is 32.2. The summed E-state index contributed by atoms with van der Waals surface area (Å²) >= 11 is 1.75. The Bertz CT molecular complexity index is 1440. The Kier molecular flexibility index (Phi) is 6.59. The number of fused-ring (bicyclic) bond motifs is 2. The second kappa shape index (κ2) is 10.1. The molecule has 0 aliphatic carbocycles. The molecule has 0 aromatic heterocycles. The predicted octanol–water partition coefficient (Wildman–Crippen LogP) is 7.72. The van der Waals surface area contributed by atoms with Crippen LogP contribution in [0.2, 0.25) is 0 Å². The molecule has 0 fully saturated rings.